The summed E-state index contributed by atoms with van der Waals surface area (Å²) >= 11 is 0. The van der Waals surface area contributed by atoms with Crippen molar-refractivity contribution in [3.05, 3.63) is 54.1 Å². The van der Waals surface area contributed by atoms with E-state index in [1.807, 2.05) is 36.4 Å². The molecule has 0 amide bonds. The predicted molar refractivity (Wildman–Crippen MR) is 110 cm³/mol. The summed E-state index contributed by atoms with van der Waals surface area (Å²) in [5.74, 6) is 0. The molecule has 1 saturated heterocycles. The quantitative estimate of drug-likeness (QED) is 0.777. The first-order chi connectivity index (χ1) is 13.0. The number of hydrogen-bond acceptors (Lipinski definition) is 4. The van der Waals surface area contributed by atoms with Gasteiger partial charge in [-0.25, -0.2) is 8.42 Å². The van der Waals surface area contributed by atoms with E-state index in [9.17, 15) is 8.42 Å². The van der Waals surface area contributed by atoms with Gasteiger partial charge in [0.05, 0.1) is 11.0 Å². The molecule has 0 radical (unpaired) electrons. The van der Waals surface area contributed by atoms with E-state index in [2.05, 4.69) is 16.5 Å². The lowest BCUT2D eigenvalue weighted by atomic mass is 10.1. The van der Waals surface area contributed by atoms with E-state index in [0.29, 0.717) is 11.8 Å². The Kier molecular flexibility index (Phi) is 6.39. The van der Waals surface area contributed by atoms with Crippen molar-refractivity contribution in [3.8, 4) is 0 Å². The summed E-state index contributed by atoms with van der Waals surface area (Å²) in [5.41, 5.74) is 2.83. The number of nitrogens with zero attached hydrogens (tertiary/aromatic N) is 1. The van der Waals surface area contributed by atoms with Gasteiger partial charge in [-0.05, 0) is 61.2 Å². The van der Waals surface area contributed by atoms with Gasteiger partial charge in [0.15, 0.2) is 0 Å². The maximum Gasteiger partial charge on any atom is 0.261 e. The molecule has 0 saturated carbocycles. The van der Waals surface area contributed by atoms with E-state index in [-0.39, 0.29) is 4.90 Å². The van der Waals surface area contributed by atoms with E-state index in [0.717, 1.165) is 50.0 Å². The topological polar surface area (TPSA) is 58.6 Å². The van der Waals surface area contributed by atoms with Crippen LogP contribution in [0.1, 0.15) is 31.7 Å². The molecule has 1 heterocycles. The van der Waals surface area contributed by atoms with Gasteiger partial charge in [0, 0.05) is 31.6 Å². The average Bonchev–Trinajstić information content (AvgIpc) is 2.69. The van der Waals surface area contributed by atoms with Crippen LogP contribution in [-0.2, 0) is 21.2 Å². The lowest BCUT2D eigenvalue weighted by Gasteiger charge is -2.33. The van der Waals surface area contributed by atoms with Gasteiger partial charge >= 0.3 is 0 Å². The largest absolute Gasteiger partial charge is 0.381 e. The molecule has 3 rings (SSSR count). The number of ether oxygens (including phenoxy) is 1. The third-order valence-corrected chi connectivity index (χ3v) is 6.43. The summed E-state index contributed by atoms with van der Waals surface area (Å²) in [6, 6.07) is 14.7. The van der Waals surface area contributed by atoms with Gasteiger partial charge in [0.25, 0.3) is 10.0 Å². The molecule has 146 valence electrons. The fourth-order valence-corrected chi connectivity index (χ4v) is 4.49. The fraction of sp³-hybridized carbons (Fsp3) is 0.429. The number of rotatable bonds is 7. The molecular weight excluding hydrogens is 360 g/mol. The summed E-state index contributed by atoms with van der Waals surface area (Å²) in [4.78, 5) is 2.59. The van der Waals surface area contributed by atoms with Gasteiger partial charge < -0.3 is 9.64 Å². The second-order valence-electron chi connectivity index (χ2n) is 6.97. The lowest BCUT2D eigenvalue weighted by molar-refractivity contribution is 0.0819. The van der Waals surface area contributed by atoms with E-state index in [1.54, 1.807) is 19.2 Å². The number of piperidine rings is 1. The number of nitrogens with one attached hydrogen (secondary N) is 1. The number of hydrogen-bond donors (Lipinski definition) is 1. The highest BCUT2D eigenvalue weighted by atomic mass is 32.2. The van der Waals surface area contributed by atoms with Crippen molar-refractivity contribution in [1.29, 1.82) is 0 Å². The van der Waals surface area contributed by atoms with Gasteiger partial charge in [-0.15, -0.1) is 0 Å². The Hall–Kier alpha value is -2.05. The smallest absolute Gasteiger partial charge is 0.261 e. The maximum absolute atomic E-state index is 12.6. The van der Waals surface area contributed by atoms with Crippen LogP contribution in [0.3, 0.4) is 0 Å². The molecule has 2 aromatic carbocycles. The number of benzene rings is 2. The van der Waals surface area contributed by atoms with Crippen LogP contribution in [0.4, 0.5) is 11.4 Å². The molecule has 1 fully saturated rings. The van der Waals surface area contributed by atoms with E-state index < -0.39 is 10.0 Å². The Morgan fingerprint density at radius 1 is 1.04 bits per heavy atom. The molecule has 27 heavy (non-hydrogen) atoms. The van der Waals surface area contributed by atoms with E-state index in [1.165, 1.54) is 0 Å². The van der Waals surface area contributed by atoms with Crippen LogP contribution >= 0.6 is 0 Å². The molecule has 0 aliphatic carbocycles. The van der Waals surface area contributed by atoms with Crippen LogP contribution in [0.25, 0.3) is 0 Å². The van der Waals surface area contributed by atoms with E-state index in [4.69, 9.17) is 4.74 Å². The van der Waals surface area contributed by atoms with Gasteiger partial charge in [0.2, 0.25) is 0 Å². The van der Waals surface area contributed by atoms with E-state index >= 15 is 0 Å². The lowest BCUT2D eigenvalue weighted by Crippen LogP contribution is -2.36. The molecule has 5 nitrogen and oxygen atoms in total. The number of methoxy groups -OCH3 is 1. The van der Waals surface area contributed by atoms with Crippen molar-refractivity contribution in [1.82, 2.24) is 0 Å². The van der Waals surface area contributed by atoms with Crippen molar-refractivity contribution in [3.63, 3.8) is 0 Å². The Bertz CT molecular complexity index is 825. The molecule has 6 heteroatoms. The van der Waals surface area contributed by atoms with Crippen LogP contribution in [-0.4, -0.2) is 34.7 Å². The van der Waals surface area contributed by atoms with Crippen molar-refractivity contribution in [2.45, 2.75) is 43.6 Å². The minimum Gasteiger partial charge on any atom is -0.381 e. The summed E-state index contributed by atoms with van der Waals surface area (Å²) in [5, 5.41) is 0. The Morgan fingerprint density at radius 3 is 2.22 bits per heavy atom. The number of aryl methyl sites for hydroxylation is 1. The van der Waals surface area contributed by atoms with Crippen LogP contribution in [0.5, 0.6) is 0 Å². The molecule has 0 spiro atoms. The second-order valence-corrected chi connectivity index (χ2v) is 8.65. The van der Waals surface area contributed by atoms with Gasteiger partial charge in [-0.2, -0.15) is 0 Å². The molecule has 1 aliphatic heterocycles. The number of anilines is 2. The minimum atomic E-state index is -3.57. The third kappa shape index (κ3) is 5.02. The highest BCUT2D eigenvalue weighted by Gasteiger charge is 2.19. The third-order valence-electron chi connectivity index (χ3n) is 5.03. The van der Waals surface area contributed by atoms with Crippen LogP contribution in [0.15, 0.2) is 53.4 Å². The monoisotopic (exact) mass is 388 g/mol. The zero-order chi connectivity index (χ0) is 19.3. The molecule has 1 aliphatic rings. The van der Waals surface area contributed by atoms with Crippen LogP contribution in [0.2, 0.25) is 0 Å². The second kappa shape index (κ2) is 8.76. The first-order valence-electron chi connectivity index (χ1n) is 9.51. The zero-order valence-electron chi connectivity index (χ0n) is 16.0. The zero-order valence-corrected chi connectivity index (χ0v) is 16.8. The Balaban J connectivity index is 1.65. The SMILES string of the molecule is CCCc1ccc(S(=O)(=O)Nc2ccc(N3CCC(OC)CC3)cc2)cc1. The summed E-state index contributed by atoms with van der Waals surface area (Å²) in [7, 11) is -1.81. The standard InChI is InChI=1S/C21H28N2O3S/c1-3-4-17-5-11-21(12-6-17)27(24,25)22-18-7-9-19(10-8-18)23-15-13-20(26-2)14-16-23/h5-12,20,22H,3-4,13-16H2,1-2H3. The highest BCUT2D eigenvalue weighted by molar-refractivity contribution is 7.92. The minimum absolute atomic E-state index is 0.285. The maximum atomic E-state index is 12.6. The van der Waals surface area contributed by atoms with Crippen molar-refractivity contribution < 1.29 is 13.2 Å². The van der Waals surface area contributed by atoms with Crippen molar-refractivity contribution >= 4 is 21.4 Å². The molecule has 0 bridgehead atoms. The number of sulfonamides is 1. The molecule has 0 unspecified atom stereocenters. The molecular formula is C21H28N2O3S. The highest BCUT2D eigenvalue weighted by Crippen LogP contribution is 2.24. The van der Waals surface area contributed by atoms with Gasteiger partial charge in [-0.3, -0.25) is 4.72 Å². The normalized spacial score (nSPS) is 15.7. The molecule has 0 atom stereocenters. The van der Waals surface area contributed by atoms with Crippen LogP contribution < -0.4 is 9.62 Å². The Labute approximate surface area is 162 Å². The summed E-state index contributed by atoms with van der Waals surface area (Å²) < 4.78 is 33.3. The van der Waals surface area contributed by atoms with Gasteiger partial charge in [0.1, 0.15) is 0 Å². The average molecular weight is 389 g/mol. The summed E-state index contributed by atoms with van der Waals surface area (Å²) in [6.07, 6.45) is 4.37. The van der Waals surface area contributed by atoms with Crippen molar-refractivity contribution in [2.75, 3.05) is 29.8 Å². The Morgan fingerprint density at radius 2 is 1.67 bits per heavy atom. The first kappa shape index (κ1) is 19.7. The molecule has 1 N–H and O–H groups in total. The van der Waals surface area contributed by atoms with Crippen LogP contribution in [0, 0.1) is 0 Å². The predicted octanol–water partition coefficient (Wildman–Crippen LogP) is 4.06. The van der Waals surface area contributed by atoms with Crippen molar-refractivity contribution in [2.24, 2.45) is 0 Å². The molecule has 2 aromatic rings. The summed E-state index contributed by atoms with van der Waals surface area (Å²) in [6.45, 7) is 4.01. The fourth-order valence-electron chi connectivity index (χ4n) is 3.43. The molecule has 0 aromatic heterocycles. The first-order valence-corrected chi connectivity index (χ1v) is 11.0. The van der Waals surface area contributed by atoms with Gasteiger partial charge in [-0.1, -0.05) is 25.5 Å².